The molecule has 5 heteroatoms. The van der Waals surface area contributed by atoms with Crippen LogP contribution >= 0.6 is 0 Å². The minimum atomic E-state index is -0.411. The number of esters is 1. The summed E-state index contributed by atoms with van der Waals surface area (Å²) in [5.74, 6) is -0.411. The first kappa shape index (κ1) is 12.4. The number of aliphatic imine (C=N–C) groups is 1. The highest BCUT2D eigenvalue weighted by Gasteiger charge is 2.03. The highest BCUT2D eigenvalue weighted by molar-refractivity contribution is 5.87. The van der Waals surface area contributed by atoms with E-state index in [0.717, 1.165) is 0 Å². The van der Waals surface area contributed by atoms with Crippen LogP contribution in [0.2, 0.25) is 0 Å². The van der Waals surface area contributed by atoms with Crippen LogP contribution in [0.5, 0.6) is 0 Å². The van der Waals surface area contributed by atoms with Crippen molar-refractivity contribution in [2.75, 3.05) is 19.8 Å². The zero-order valence-corrected chi connectivity index (χ0v) is 8.28. The van der Waals surface area contributed by atoms with Gasteiger partial charge in [0.05, 0.1) is 25.0 Å². The van der Waals surface area contributed by atoms with Gasteiger partial charge in [-0.3, -0.25) is 0 Å². The Bertz CT molecular complexity index is 254. The van der Waals surface area contributed by atoms with Crippen LogP contribution in [0, 0.1) is 0 Å². The average Bonchev–Trinajstić information content (AvgIpc) is 2.17. The molecule has 0 aromatic rings. The van der Waals surface area contributed by atoms with Gasteiger partial charge in [-0.2, -0.15) is 0 Å². The number of isocyanates is 1. The van der Waals surface area contributed by atoms with Gasteiger partial charge in [0.2, 0.25) is 6.08 Å². The van der Waals surface area contributed by atoms with Crippen molar-refractivity contribution in [3.05, 3.63) is 11.8 Å². The third-order valence-corrected chi connectivity index (χ3v) is 1.24. The number of carbonyl (C=O) groups excluding carboxylic acids is 2. The second-order valence-electron chi connectivity index (χ2n) is 2.37. The summed E-state index contributed by atoms with van der Waals surface area (Å²) in [7, 11) is 0. The summed E-state index contributed by atoms with van der Waals surface area (Å²) in [6, 6.07) is 0. The van der Waals surface area contributed by atoms with E-state index >= 15 is 0 Å². The molecule has 0 aliphatic rings. The average molecular weight is 199 g/mol. The molecule has 78 valence electrons. The molecule has 5 nitrogen and oxygen atoms in total. The van der Waals surface area contributed by atoms with Crippen LogP contribution in [-0.4, -0.2) is 31.8 Å². The van der Waals surface area contributed by atoms with Crippen molar-refractivity contribution in [1.82, 2.24) is 0 Å². The van der Waals surface area contributed by atoms with Crippen LogP contribution in [0.1, 0.15) is 13.8 Å². The molecule has 0 aromatic heterocycles. The molecule has 0 unspecified atom stereocenters. The molecule has 0 atom stereocenters. The first-order valence-electron chi connectivity index (χ1n) is 4.21. The molecule has 0 fully saturated rings. The molecule has 0 rings (SSSR count). The van der Waals surface area contributed by atoms with Gasteiger partial charge in [-0.05, 0) is 13.8 Å². The number of rotatable bonds is 6. The van der Waals surface area contributed by atoms with E-state index in [-0.39, 0.29) is 13.2 Å². The second kappa shape index (κ2) is 8.01. The molecule has 0 aliphatic carbocycles. The molecule has 0 aromatic carbocycles. The number of hydrogen-bond acceptors (Lipinski definition) is 5. The summed E-state index contributed by atoms with van der Waals surface area (Å²) in [6.45, 7) is 4.12. The molecule has 0 saturated heterocycles. The Kier molecular flexibility index (Phi) is 7.09. The smallest absolute Gasteiger partial charge is 0.336 e. The molecule has 0 aliphatic heterocycles. The highest BCUT2D eigenvalue weighted by Crippen LogP contribution is 1.96. The molecular formula is C9H13NO4. The zero-order chi connectivity index (χ0) is 10.8. The van der Waals surface area contributed by atoms with Crippen molar-refractivity contribution < 1.29 is 19.1 Å². The summed E-state index contributed by atoms with van der Waals surface area (Å²) in [6.07, 6.45) is 2.67. The minimum Gasteiger partial charge on any atom is -0.499 e. The molecule has 0 spiro atoms. The highest BCUT2D eigenvalue weighted by atomic mass is 16.5. The van der Waals surface area contributed by atoms with Crippen LogP contribution in [0.15, 0.2) is 16.8 Å². The molecule has 14 heavy (non-hydrogen) atoms. The van der Waals surface area contributed by atoms with Gasteiger partial charge in [-0.25, -0.2) is 14.6 Å². The molecule has 0 radical (unpaired) electrons. The Morgan fingerprint density at radius 2 is 2.29 bits per heavy atom. The quantitative estimate of drug-likeness (QED) is 0.158. The van der Waals surface area contributed by atoms with E-state index in [1.165, 1.54) is 12.3 Å². The number of hydrogen-bond donors (Lipinski definition) is 0. The molecule has 0 bridgehead atoms. The third kappa shape index (κ3) is 5.97. The van der Waals surface area contributed by atoms with E-state index in [4.69, 9.17) is 9.47 Å². The number of carbonyl (C=O) groups is 1. The topological polar surface area (TPSA) is 65.0 Å². The van der Waals surface area contributed by atoms with E-state index in [9.17, 15) is 9.59 Å². The third-order valence-electron chi connectivity index (χ3n) is 1.24. The summed E-state index contributed by atoms with van der Waals surface area (Å²) in [5.41, 5.74) is 0.377. The molecular weight excluding hydrogens is 186 g/mol. The molecule has 0 amide bonds. The Morgan fingerprint density at radius 3 is 2.86 bits per heavy atom. The van der Waals surface area contributed by atoms with Crippen LogP contribution in [0.25, 0.3) is 0 Å². The molecule has 0 saturated carbocycles. The summed E-state index contributed by atoms with van der Waals surface area (Å²) in [5, 5.41) is 0. The lowest BCUT2D eigenvalue weighted by Gasteiger charge is -2.01. The van der Waals surface area contributed by atoms with Gasteiger partial charge in [0.25, 0.3) is 0 Å². The van der Waals surface area contributed by atoms with Gasteiger partial charge in [0.15, 0.2) is 0 Å². The standard InChI is InChI=1S/C9H13NO4/c1-3-14-9(12)8(2)6-13-5-4-10-7-11/h6H,3-5H2,1-2H3. The summed E-state index contributed by atoms with van der Waals surface area (Å²) >= 11 is 0. The van der Waals surface area contributed by atoms with Gasteiger partial charge < -0.3 is 9.47 Å². The lowest BCUT2D eigenvalue weighted by molar-refractivity contribution is -0.138. The minimum absolute atomic E-state index is 0.232. The van der Waals surface area contributed by atoms with Crippen LogP contribution in [0.4, 0.5) is 0 Å². The van der Waals surface area contributed by atoms with Gasteiger partial charge >= 0.3 is 5.97 Å². The number of ether oxygens (including phenoxy) is 2. The molecule has 0 heterocycles. The first-order valence-corrected chi connectivity index (χ1v) is 4.21. The van der Waals surface area contributed by atoms with Gasteiger partial charge in [-0.1, -0.05) is 0 Å². The predicted octanol–water partition coefficient (Wildman–Crippen LogP) is 0.806. The van der Waals surface area contributed by atoms with E-state index in [0.29, 0.717) is 12.2 Å². The van der Waals surface area contributed by atoms with E-state index in [2.05, 4.69) is 4.99 Å². The maximum absolute atomic E-state index is 11.0. The van der Waals surface area contributed by atoms with Crippen molar-refractivity contribution in [3.8, 4) is 0 Å². The second-order valence-corrected chi connectivity index (χ2v) is 2.37. The maximum atomic E-state index is 11.0. The van der Waals surface area contributed by atoms with E-state index in [1.807, 2.05) is 0 Å². The zero-order valence-electron chi connectivity index (χ0n) is 8.28. The Morgan fingerprint density at radius 1 is 1.57 bits per heavy atom. The van der Waals surface area contributed by atoms with Crippen LogP contribution < -0.4 is 0 Å². The predicted molar refractivity (Wildman–Crippen MR) is 49.3 cm³/mol. The van der Waals surface area contributed by atoms with Crippen molar-refractivity contribution in [1.29, 1.82) is 0 Å². The van der Waals surface area contributed by atoms with Crippen molar-refractivity contribution in [2.24, 2.45) is 4.99 Å². The van der Waals surface area contributed by atoms with Crippen molar-refractivity contribution >= 4 is 12.0 Å². The van der Waals surface area contributed by atoms with Crippen LogP contribution in [-0.2, 0) is 19.1 Å². The fraction of sp³-hybridized carbons (Fsp3) is 0.556. The van der Waals surface area contributed by atoms with Crippen LogP contribution in [0.3, 0.4) is 0 Å². The normalized spacial score (nSPS) is 10.3. The largest absolute Gasteiger partial charge is 0.499 e. The van der Waals surface area contributed by atoms with E-state index in [1.54, 1.807) is 13.8 Å². The Labute approximate surface area is 82.4 Å². The maximum Gasteiger partial charge on any atom is 0.336 e. The lowest BCUT2D eigenvalue weighted by Crippen LogP contribution is -2.06. The fourth-order valence-electron chi connectivity index (χ4n) is 0.621. The summed E-state index contributed by atoms with van der Waals surface area (Å²) < 4.78 is 9.64. The summed E-state index contributed by atoms with van der Waals surface area (Å²) in [4.78, 5) is 23.9. The van der Waals surface area contributed by atoms with Gasteiger partial charge in [-0.15, -0.1) is 0 Å². The monoisotopic (exact) mass is 199 g/mol. The van der Waals surface area contributed by atoms with Crippen molar-refractivity contribution in [3.63, 3.8) is 0 Å². The van der Waals surface area contributed by atoms with E-state index < -0.39 is 5.97 Å². The SMILES string of the molecule is CCOC(=O)C(C)=COCCN=C=O. The van der Waals surface area contributed by atoms with Crippen molar-refractivity contribution in [2.45, 2.75) is 13.8 Å². The Hall–Kier alpha value is -1.61. The number of nitrogens with zero attached hydrogens (tertiary/aromatic N) is 1. The lowest BCUT2D eigenvalue weighted by atomic mass is 10.3. The van der Waals surface area contributed by atoms with Gasteiger partial charge in [0, 0.05) is 0 Å². The first-order chi connectivity index (χ1) is 6.72. The molecule has 0 N–H and O–H groups in total. The fourth-order valence-corrected chi connectivity index (χ4v) is 0.621. The van der Waals surface area contributed by atoms with Gasteiger partial charge in [0.1, 0.15) is 6.61 Å². The Balaban J connectivity index is 3.75.